The molecule has 32 heavy (non-hydrogen) atoms. The van der Waals surface area contributed by atoms with Crippen LogP contribution in [0.4, 0.5) is 10.6 Å². The first kappa shape index (κ1) is 23.0. The first-order chi connectivity index (χ1) is 15.0. The Morgan fingerprint density at radius 1 is 1.09 bits per heavy atom. The normalized spacial score (nSPS) is 12.3. The molecule has 0 unspecified atom stereocenters. The van der Waals surface area contributed by atoms with Gasteiger partial charge in [0, 0.05) is 12.6 Å². The first-order valence-electron chi connectivity index (χ1n) is 10.1. The smallest absolute Gasteiger partial charge is 0.413 e. The fourth-order valence-electron chi connectivity index (χ4n) is 2.70. The maximum Gasteiger partial charge on any atom is 0.413 e. The number of hydrogen-bond acceptors (Lipinski definition) is 8. The summed E-state index contributed by atoms with van der Waals surface area (Å²) in [5.74, 6) is 0.804. The molecule has 3 aromatic rings. The highest BCUT2D eigenvalue weighted by atomic mass is 16.6. The number of pyridine rings is 1. The van der Waals surface area contributed by atoms with Crippen molar-refractivity contribution >= 4 is 33.3 Å². The lowest BCUT2D eigenvalue weighted by molar-refractivity contribution is 0.0634. The molecule has 0 aliphatic carbocycles. The Morgan fingerprint density at radius 2 is 1.81 bits per heavy atom. The SMILES string of the molecule is BC(B)(O/N=C(/c1ccccc1)c1nnnn1C)c1cccc(NC(=O)OC(C)(C)C)n1. The number of benzene rings is 1. The number of hydrogen-bond donors (Lipinski definition) is 1. The van der Waals surface area contributed by atoms with Gasteiger partial charge in [0.05, 0.1) is 5.69 Å². The highest BCUT2D eigenvalue weighted by Gasteiger charge is 2.26. The van der Waals surface area contributed by atoms with Crippen LogP contribution < -0.4 is 5.32 Å². The lowest BCUT2D eigenvalue weighted by atomic mass is 9.63. The Bertz CT molecular complexity index is 1110. The second-order valence-corrected chi connectivity index (χ2v) is 8.57. The minimum Gasteiger partial charge on any atom is -0.444 e. The third kappa shape index (κ3) is 5.93. The maximum atomic E-state index is 12.1. The predicted octanol–water partition coefficient (Wildman–Crippen LogP) is 0.798. The maximum absolute atomic E-state index is 12.1. The molecular formula is C20H25B2N7O3. The number of tetrazole rings is 1. The van der Waals surface area contributed by atoms with Gasteiger partial charge in [0.25, 0.3) is 0 Å². The largest absolute Gasteiger partial charge is 0.444 e. The molecule has 1 aromatic carbocycles. The molecule has 0 spiro atoms. The zero-order valence-corrected chi connectivity index (χ0v) is 19.0. The van der Waals surface area contributed by atoms with E-state index in [9.17, 15) is 4.79 Å². The van der Waals surface area contributed by atoms with Crippen molar-refractivity contribution in [3.63, 3.8) is 0 Å². The topological polar surface area (TPSA) is 116 Å². The molecule has 0 aliphatic rings. The van der Waals surface area contributed by atoms with E-state index in [4.69, 9.17) is 9.57 Å². The minimum atomic E-state index is -0.919. The zero-order valence-electron chi connectivity index (χ0n) is 19.0. The van der Waals surface area contributed by atoms with Crippen molar-refractivity contribution in [1.82, 2.24) is 25.2 Å². The van der Waals surface area contributed by atoms with Crippen molar-refractivity contribution in [1.29, 1.82) is 0 Å². The number of amides is 1. The number of carbonyl (C=O) groups excluding carboxylic acids is 1. The van der Waals surface area contributed by atoms with Gasteiger partial charge in [-0.3, -0.25) is 5.32 Å². The number of ether oxygens (including phenoxy) is 1. The molecule has 2 aromatic heterocycles. The molecule has 0 radical (unpaired) electrons. The molecule has 0 bridgehead atoms. The van der Waals surface area contributed by atoms with Crippen LogP contribution in [0.2, 0.25) is 0 Å². The number of aromatic nitrogens is 5. The van der Waals surface area contributed by atoms with Crippen LogP contribution in [-0.4, -0.2) is 58.3 Å². The van der Waals surface area contributed by atoms with Gasteiger partial charge in [0.15, 0.2) is 21.4 Å². The number of aryl methyl sites for hydroxylation is 1. The molecule has 3 rings (SSSR count). The molecule has 1 N–H and O–H groups in total. The van der Waals surface area contributed by atoms with Gasteiger partial charge in [-0.2, -0.15) is 0 Å². The average molecular weight is 433 g/mol. The Morgan fingerprint density at radius 3 is 2.44 bits per heavy atom. The van der Waals surface area contributed by atoms with Gasteiger partial charge in [-0.05, 0) is 43.3 Å². The lowest BCUT2D eigenvalue weighted by Gasteiger charge is -2.24. The summed E-state index contributed by atoms with van der Waals surface area (Å²) in [5, 5.41) is 17.7. The number of nitrogens with zero attached hydrogens (tertiary/aromatic N) is 6. The molecule has 0 aliphatic heterocycles. The molecule has 12 heteroatoms. The molecule has 2 heterocycles. The van der Waals surface area contributed by atoms with Crippen LogP contribution in [0, 0.1) is 0 Å². The van der Waals surface area contributed by atoms with Gasteiger partial charge in [-0.25, -0.2) is 14.5 Å². The van der Waals surface area contributed by atoms with Crippen molar-refractivity contribution in [3.05, 3.63) is 65.6 Å². The van der Waals surface area contributed by atoms with E-state index in [0.717, 1.165) is 5.56 Å². The fraction of sp³-hybridized carbons (Fsp3) is 0.300. The van der Waals surface area contributed by atoms with Gasteiger partial charge < -0.3 is 9.57 Å². The highest BCUT2D eigenvalue weighted by molar-refractivity contribution is 6.38. The quantitative estimate of drug-likeness (QED) is 0.347. The molecule has 0 saturated carbocycles. The number of carbonyl (C=O) groups is 1. The van der Waals surface area contributed by atoms with Crippen molar-refractivity contribution in [2.24, 2.45) is 12.2 Å². The van der Waals surface area contributed by atoms with Crippen molar-refractivity contribution < 1.29 is 14.4 Å². The Labute approximate surface area is 188 Å². The number of oxime groups is 1. The third-order valence-corrected chi connectivity index (χ3v) is 4.24. The predicted molar refractivity (Wildman–Crippen MR) is 125 cm³/mol. The van der Waals surface area contributed by atoms with Gasteiger partial charge in [0.1, 0.15) is 16.8 Å². The Balaban J connectivity index is 1.85. The zero-order chi connectivity index (χ0) is 23.4. The second kappa shape index (κ2) is 9.21. The van der Waals surface area contributed by atoms with Crippen LogP contribution in [0.25, 0.3) is 0 Å². The van der Waals surface area contributed by atoms with Crippen LogP contribution in [-0.2, 0) is 22.0 Å². The summed E-state index contributed by atoms with van der Waals surface area (Å²) in [7, 11) is 5.38. The number of rotatable bonds is 6. The molecule has 0 fully saturated rings. The third-order valence-electron chi connectivity index (χ3n) is 4.24. The average Bonchev–Trinajstić information content (AvgIpc) is 3.13. The lowest BCUT2D eigenvalue weighted by Crippen LogP contribution is -2.32. The molecule has 0 saturated heterocycles. The summed E-state index contributed by atoms with van der Waals surface area (Å²) in [5.41, 5.74) is 1.24. The fourth-order valence-corrected chi connectivity index (χ4v) is 2.70. The van der Waals surface area contributed by atoms with Crippen molar-refractivity contribution in [2.75, 3.05) is 5.32 Å². The molecular weight excluding hydrogens is 408 g/mol. The Kier molecular flexibility index (Phi) is 6.61. The van der Waals surface area contributed by atoms with E-state index in [2.05, 4.69) is 31.0 Å². The summed E-state index contributed by atoms with van der Waals surface area (Å²) in [6, 6.07) is 14.7. The minimum absolute atomic E-state index is 0.346. The van der Waals surface area contributed by atoms with Gasteiger partial charge in [-0.15, -0.1) is 5.10 Å². The van der Waals surface area contributed by atoms with E-state index in [0.29, 0.717) is 23.0 Å². The van der Waals surface area contributed by atoms with E-state index < -0.39 is 17.1 Å². The summed E-state index contributed by atoms with van der Waals surface area (Å²) in [4.78, 5) is 22.5. The summed E-state index contributed by atoms with van der Waals surface area (Å²) in [6.07, 6.45) is -0.583. The van der Waals surface area contributed by atoms with Crippen molar-refractivity contribution in [2.45, 2.75) is 31.8 Å². The van der Waals surface area contributed by atoms with Crippen LogP contribution in [0.1, 0.15) is 37.9 Å². The number of nitrogens with one attached hydrogen (secondary N) is 1. The van der Waals surface area contributed by atoms with E-state index in [1.165, 1.54) is 4.68 Å². The van der Waals surface area contributed by atoms with Gasteiger partial charge in [-0.1, -0.05) is 41.6 Å². The van der Waals surface area contributed by atoms with E-state index in [-0.39, 0.29) is 0 Å². The van der Waals surface area contributed by atoms with E-state index in [1.807, 2.05) is 46.0 Å². The van der Waals surface area contributed by atoms with Crippen molar-refractivity contribution in [3.8, 4) is 0 Å². The monoisotopic (exact) mass is 433 g/mol. The van der Waals surface area contributed by atoms with Crippen LogP contribution in [0.3, 0.4) is 0 Å². The molecule has 0 atom stereocenters. The molecule has 10 nitrogen and oxygen atoms in total. The first-order valence-corrected chi connectivity index (χ1v) is 10.1. The molecule has 1 amide bonds. The highest BCUT2D eigenvalue weighted by Crippen LogP contribution is 2.20. The second-order valence-electron chi connectivity index (χ2n) is 8.57. The van der Waals surface area contributed by atoms with Gasteiger partial charge >= 0.3 is 6.09 Å². The van der Waals surface area contributed by atoms with Crippen LogP contribution >= 0.6 is 0 Å². The standard InChI is InChI=1S/C20H25B2N7O3/c1-19(2,3)31-18(30)24-15-12-8-11-14(23-15)20(21,22)32-26-16(13-9-6-5-7-10-13)17-25-27-28-29(17)4/h5-12H,21-22H2,1-4H3,(H,23,24,30)/b26-16-. The Hall–Kier alpha value is -3.69. The number of anilines is 1. The van der Waals surface area contributed by atoms with Crippen LogP contribution in [0.15, 0.2) is 53.7 Å². The summed E-state index contributed by atoms with van der Waals surface area (Å²) < 4.78 is 6.80. The van der Waals surface area contributed by atoms with E-state index in [1.54, 1.807) is 46.0 Å². The summed E-state index contributed by atoms with van der Waals surface area (Å²) in [6.45, 7) is 5.38. The summed E-state index contributed by atoms with van der Waals surface area (Å²) >= 11 is 0. The van der Waals surface area contributed by atoms with E-state index >= 15 is 0 Å². The molecule has 164 valence electrons. The van der Waals surface area contributed by atoms with Crippen LogP contribution in [0.5, 0.6) is 0 Å². The van der Waals surface area contributed by atoms with Gasteiger partial charge in [0.2, 0.25) is 5.82 Å².